The molecule has 2 N–H and O–H groups in total. The van der Waals surface area contributed by atoms with Crippen LogP contribution in [0.1, 0.15) is 25.8 Å². The van der Waals surface area contributed by atoms with Crippen molar-refractivity contribution in [2.24, 2.45) is 11.7 Å². The summed E-state index contributed by atoms with van der Waals surface area (Å²) in [7, 11) is -3.55. The van der Waals surface area contributed by atoms with Crippen molar-refractivity contribution >= 4 is 21.6 Å². The van der Waals surface area contributed by atoms with E-state index in [1.165, 1.54) is 4.31 Å². The van der Waals surface area contributed by atoms with Gasteiger partial charge in [-0.1, -0.05) is 37.9 Å². The number of halogens is 1. The fourth-order valence-corrected chi connectivity index (χ4v) is 4.57. The number of benzene rings is 1. The molecule has 0 aliphatic carbocycles. The van der Waals surface area contributed by atoms with E-state index in [1.807, 2.05) is 13.0 Å². The van der Waals surface area contributed by atoms with E-state index in [-0.39, 0.29) is 21.9 Å². The van der Waals surface area contributed by atoms with Gasteiger partial charge in [0.1, 0.15) is 4.90 Å². The van der Waals surface area contributed by atoms with E-state index in [0.29, 0.717) is 13.1 Å². The van der Waals surface area contributed by atoms with Crippen molar-refractivity contribution in [1.29, 1.82) is 0 Å². The summed E-state index contributed by atoms with van der Waals surface area (Å²) in [6.07, 6.45) is 1.81. The minimum atomic E-state index is -3.55. The zero-order valence-corrected chi connectivity index (χ0v) is 13.4. The molecule has 1 aromatic carbocycles. The van der Waals surface area contributed by atoms with Gasteiger partial charge in [0.25, 0.3) is 0 Å². The van der Waals surface area contributed by atoms with Crippen molar-refractivity contribution < 1.29 is 8.42 Å². The van der Waals surface area contributed by atoms with Gasteiger partial charge < -0.3 is 5.73 Å². The van der Waals surface area contributed by atoms with E-state index in [1.54, 1.807) is 12.1 Å². The Kier molecular flexibility index (Phi) is 4.74. The number of nitrogens with two attached hydrogens (primary N) is 1. The van der Waals surface area contributed by atoms with Gasteiger partial charge in [0, 0.05) is 19.1 Å². The highest BCUT2D eigenvalue weighted by molar-refractivity contribution is 7.89. The Labute approximate surface area is 126 Å². The van der Waals surface area contributed by atoms with Crippen molar-refractivity contribution in [3.8, 4) is 0 Å². The van der Waals surface area contributed by atoms with Crippen LogP contribution in [-0.4, -0.2) is 31.9 Å². The zero-order valence-electron chi connectivity index (χ0n) is 11.8. The molecular formula is C14H21ClN2O2S. The van der Waals surface area contributed by atoms with Gasteiger partial charge in [0.15, 0.2) is 0 Å². The molecule has 1 saturated heterocycles. The molecule has 20 heavy (non-hydrogen) atoms. The number of rotatable bonds is 4. The van der Waals surface area contributed by atoms with Crippen molar-refractivity contribution in [3.63, 3.8) is 0 Å². The van der Waals surface area contributed by atoms with E-state index < -0.39 is 10.0 Å². The average Bonchev–Trinajstić information content (AvgIpc) is 2.73. The van der Waals surface area contributed by atoms with E-state index in [0.717, 1.165) is 18.4 Å². The summed E-state index contributed by atoms with van der Waals surface area (Å²) in [5.74, 6) is 0.169. The van der Waals surface area contributed by atoms with Crippen LogP contribution in [-0.2, 0) is 16.4 Å². The van der Waals surface area contributed by atoms with Crippen LogP contribution in [0.25, 0.3) is 0 Å². The molecular weight excluding hydrogens is 296 g/mol. The average molecular weight is 317 g/mol. The molecule has 0 radical (unpaired) electrons. The molecule has 0 bridgehead atoms. The third kappa shape index (κ3) is 3.01. The first kappa shape index (κ1) is 15.8. The summed E-state index contributed by atoms with van der Waals surface area (Å²) in [6.45, 7) is 4.84. The molecule has 1 aliphatic heterocycles. The maximum absolute atomic E-state index is 12.7. The van der Waals surface area contributed by atoms with Gasteiger partial charge in [-0.25, -0.2) is 8.42 Å². The summed E-state index contributed by atoms with van der Waals surface area (Å²) >= 11 is 6.10. The summed E-state index contributed by atoms with van der Waals surface area (Å²) in [6, 6.07) is 5.12. The number of hydrogen-bond acceptors (Lipinski definition) is 3. The maximum atomic E-state index is 12.7. The fourth-order valence-electron chi connectivity index (χ4n) is 2.47. The van der Waals surface area contributed by atoms with Crippen LogP contribution in [0.15, 0.2) is 23.1 Å². The normalized spacial score (nSPS) is 24.2. The standard InChI is InChI=1S/C14H21ClN2O2S/c1-3-4-11-5-6-12(15)14(7-11)20(18,19)17-8-10(2)13(16)9-17/h5-7,10,13H,3-4,8-9,16H2,1-2H3. The van der Waals surface area contributed by atoms with Crippen LogP contribution in [0, 0.1) is 5.92 Å². The second kappa shape index (κ2) is 6.02. The van der Waals surface area contributed by atoms with Gasteiger partial charge in [-0.3, -0.25) is 0 Å². The lowest BCUT2D eigenvalue weighted by atomic mass is 10.1. The summed E-state index contributed by atoms with van der Waals surface area (Å²) < 4.78 is 26.8. The number of sulfonamides is 1. The van der Waals surface area contributed by atoms with Crippen LogP contribution in [0.5, 0.6) is 0 Å². The Morgan fingerprint density at radius 2 is 2.10 bits per heavy atom. The Morgan fingerprint density at radius 1 is 1.40 bits per heavy atom. The Morgan fingerprint density at radius 3 is 2.65 bits per heavy atom. The highest BCUT2D eigenvalue weighted by Gasteiger charge is 2.36. The molecule has 2 rings (SSSR count). The van der Waals surface area contributed by atoms with E-state index in [4.69, 9.17) is 17.3 Å². The Bertz CT molecular complexity index is 579. The number of nitrogens with zero attached hydrogens (tertiary/aromatic N) is 1. The Hall–Kier alpha value is -0.620. The van der Waals surface area contributed by atoms with Gasteiger partial charge in [0.05, 0.1) is 5.02 Å². The second-order valence-electron chi connectivity index (χ2n) is 5.48. The molecule has 1 heterocycles. The molecule has 0 amide bonds. The first-order valence-corrected chi connectivity index (χ1v) is 8.72. The SMILES string of the molecule is CCCc1ccc(Cl)c(S(=O)(=O)N2CC(C)C(N)C2)c1. The summed E-state index contributed by atoms with van der Waals surface area (Å²) in [5.41, 5.74) is 6.91. The van der Waals surface area contributed by atoms with Crippen molar-refractivity contribution in [2.75, 3.05) is 13.1 Å². The molecule has 0 spiro atoms. The van der Waals surface area contributed by atoms with Crippen molar-refractivity contribution in [3.05, 3.63) is 28.8 Å². The number of aryl methyl sites for hydroxylation is 1. The zero-order chi connectivity index (χ0) is 14.9. The van der Waals surface area contributed by atoms with Crippen LogP contribution < -0.4 is 5.73 Å². The van der Waals surface area contributed by atoms with Gasteiger partial charge in [-0.05, 0) is 30.0 Å². The lowest BCUT2D eigenvalue weighted by Crippen LogP contribution is -2.32. The predicted octanol–water partition coefficient (Wildman–Crippen LogP) is 2.26. The van der Waals surface area contributed by atoms with Gasteiger partial charge in [0.2, 0.25) is 10.0 Å². The maximum Gasteiger partial charge on any atom is 0.244 e. The van der Waals surface area contributed by atoms with E-state index in [2.05, 4.69) is 6.92 Å². The number of hydrogen-bond donors (Lipinski definition) is 1. The van der Waals surface area contributed by atoms with Crippen LogP contribution >= 0.6 is 11.6 Å². The third-order valence-corrected chi connectivity index (χ3v) is 6.10. The second-order valence-corrected chi connectivity index (χ2v) is 7.79. The summed E-state index contributed by atoms with van der Waals surface area (Å²) in [5, 5.41) is 0.276. The van der Waals surface area contributed by atoms with Gasteiger partial charge >= 0.3 is 0 Å². The molecule has 1 aromatic rings. The van der Waals surface area contributed by atoms with Gasteiger partial charge in [-0.2, -0.15) is 4.31 Å². The van der Waals surface area contributed by atoms with Crippen LogP contribution in [0.4, 0.5) is 0 Å². The van der Waals surface area contributed by atoms with Crippen molar-refractivity contribution in [1.82, 2.24) is 4.31 Å². The minimum Gasteiger partial charge on any atom is -0.326 e. The quantitative estimate of drug-likeness (QED) is 0.926. The van der Waals surface area contributed by atoms with Crippen LogP contribution in [0.2, 0.25) is 5.02 Å². The smallest absolute Gasteiger partial charge is 0.244 e. The fraction of sp³-hybridized carbons (Fsp3) is 0.571. The predicted molar refractivity (Wildman–Crippen MR) is 81.3 cm³/mol. The first-order chi connectivity index (χ1) is 9.36. The molecule has 112 valence electrons. The lowest BCUT2D eigenvalue weighted by molar-refractivity contribution is 0.464. The molecule has 0 saturated carbocycles. The molecule has 2 unspecified atom stereocenters. The largest absolute Gasteiger partial charge is 0.326 e. The topological polar surface area (TPSA) is 63.4 Å². The van der Waals surface area contributed by atoms with Crippen LogP contribution in [0.3, 0.4) is 0 Å². The van der Waals surface area contributed by atoms with E-state index >= 15 is 0 Å². The highest BCUT2D eigenvalue weighted by Crippen LogP contribution is 2.29. The van der Waals surface area contributed by atoms with Gasteiger partial charge in [-0.15, -0.1) is 0 Å². The molecule has 1 fully saturated rings. The third-order valence-electron chi connectivity index (χ3n) is 3.79. The monoisotopic (exact) mass is 316 g/mol. The molecule has 4 nitrogen and oxygen atoms in total. The molecule has 1 aliphatic rings. The Balaban J connectivity index is 2.36. The molecule has 0 aromatic heterocycles. The molecule has 2 atom stereocenters. The highest BCUT2D eigenvalue weighted by atomic mass is 35.5. The minimum absolute atomic E-state index is 0.109. The first-order valence-electron chi connectivity index (χ1n) is 6.90. The van der Waals surface area contributed by atoms with Crippen molar-refractivity contribution in [2.45, 2.75) is 37.6 Å². The lowest BCUT2D eigenvalue weighted by Gasteiger charge is -2.17. The molecule has 6 heteroatoms. The van der Waals surface area contributed by atoms with E-state index in [9.17, 15) is 8.42 Å². The summed E-state index contributed by atoms with van der Waals surface area (Å²) in [4.78, 5) is 0.200.